The standard InChI is InChI=1S/C22H20ClNO2/c1-24(2)17-11-7-15(8-12-17)20-19(14-5-9-16(23)10-6-14)21(20)22(25)18-4-3-13-26-18/h3-13,19-21H,1-2H3/t19-,20+,21-/m1/s1. The van der Waals surface area contributed by atoms with Gasteiger partial charge >= 0.3 is 0 Å². The number of Topliss-reactive ketones (excluding diaryl/α,β-unsaturated/α-hetero) is 1. The highest BCUT2D eigenvalue weighted by molar-refractivity contribution is 6.30. The normalized spacial score (nSPS) is 21.4. The maximum Gasteiger partial charge on any atom is 0.202 e. The first-order valence-electron chi connectivity index (χ1n) is 8.67. The molecule has 3 aromatic rings. The summed E-state index contributed by atoms with van der Waals surface area (Å²) in [6.07, 6.45) is 1.55. The van der Waals surface area contributed by atoms with Crippen molar-refractivity contribution in [2.24, 2.45) is 5.92 Å². The quantitative estimate of drug-likeness (QED) is 0.569. The first kappa shape index (κ1) is 16.9. The van der Waals surface area contributed by atoms with Crippen LogP contribution in [0, 0.1) is 5.92 Å². The van der Waals surface area contributed by atoms with E-state index in [4.69, 9.17) is 16.0 Å². The number of carbonyl (C=O) groups is 1. The molecule has 0 saturated heterocycles. The minimum absolute atomic E-state index is 0.0663. The Bertz CT molecular complexity index is 898. The molecule has 4 rings (SSSR count). The molecule has 1 aliphatic rings. The van der Waals surface area contributed by atoms with Gasteiger partial charge in [0.05, 0.1) is 6.26 Å². The fourth-order valence-electron chi connectivity index (χ4n) is 3.73. The Morgan fingerprint density at radius 3 is 2.00 bits per heavy atom. The van der Waals surface area contributed by atoms with Crippen molar-refractivity contribution in [2.45, 2.75) is 11.8 Å². The van der Waals surface area contributed by atoms with Crippen molar-refractivity contribution in [3.8, 4) is 0 Å². The van der Waals surface area contributed by atoms with E-state index >= 15 is 0 Å². The Morgan fingerprint density at radius 2 is 1.50 bits per heavy atom. The first-order valence-corrected chi connectivity index (χ1v) is 9.04. The molecule has 1 aliphatic carbocycles. The number of ketones is 1. The highest BCUT2D eigenvalue weighted by atomic mass is 35.5. The Kier molecular flexibility index (Phi) is 4.33. The minimum Gasteiger partial charge on any atom is -0.461 e. The number of nitrogens with zero attached hydrogens (tertiary/aromatic N) is 1. The van der Waals surface area contributed by atoms with E-state index in [0.717, 1.165) is 11.3 Å². The van der Waals surface area contributed by atoms with E-state index in [1.165, 1.54) is 5.56 Å². The molecule has 1 heterocycles. The topological polar surface area (TPSA) is 33.5 Å². The van der Waals surface area contributed by atoms with Crippen LogP contribution in [0.5, 0.6) is 0 Å². The lowest BCUT2D eigenvalue weighted by Crippen LogP contribution is -2.08. The average Bonchev–Trinajstić information content (AvgIpc) is 3.13. The molecule has 4 heteroatoms. The third-order valence-corrected chi connectivity index (χ3v) is 5.39. The summed E-state index contributed by atoms with van der Waals surface area (Å²) in [6, 6.07) is 19.7. The zero-order chi connectivity index (χ0) is 18.3. The second kappa shape index (κ2) is 6.65. The third kappa shape index (κ3) is 3.04. The van der Waals surface area contributed by atoms with Crippen molar-refractivity contribution in [3.05, 3.63) is 88.8 Å². The van der Waals surface area contributed by atoms with Gasteiger partial charge < -0.3 is 9.32 Å². The number of anilines is 1. The van der Waals surface area contributed by atoms with Gasteiger partial charge in [-0.15, -0.1) is 0 Å². The largest absolute Gasteiger partial charge is 0.461 e. The smallest absolute Gasteiger partial charge is 0.202 e. The predicted molar refractivity (Wildman–Crippen MR) is 104 cm³/mol. The molecule has 3 nitrogen and oxygen atoms in total. The maximum atomic E-state index is 12.9. The molecule has 0 amide bonds. The summed E-state index contributed by atoms with van der Waals surface area (Å²) in [5.74, 6) is 0.700. The van der Waals surface area contributed by atoms with Gasteiger partial charge in [-0.05, 0) is 47.5 Å². The number of hydrogen-bond acceptors (Lipinski definition) is 3. The van der Waals surface area contributed by atoms with Gasteiger partial charge in [0.2, 0.25) is 5.78 Å². The van der Waals surface area contributed by atoms with E-state index in [2.05, 4.69) is 29.2 Å². The molecule has 1 saturated carbocycles. The van der Waals surface area contributed by atoms with E-state index in [1.54, 1.807) is 18.4 Å². The summed E-state index contributed by atoms with van der Waals surface area (Å²) in [6.45, 7) is 0. The molecule has 26 heavy (non-hydrogen) atoms. The van der Waals surface area contributed by atoms with Gasteiger partial charge in [-0.1, -0.05) is 35.9 Å². The monoisotopic (exact) mass is 365 g/mol. The van der Waals surface area contributed by atoms with Crippen LogP contribution in [0.15, 0.2) is 71.3 Å². The molecule has 0 spiro atoms. The average molecular weight is 366 g/mol. The Morgan fingerprint density at radius 1 is 0.923 bits per heavy atom. The van der Waals surface area contributed by atoms with Crippen LogP contribution in [-0.2, 0) is 0 Å². The van der Waals surface area contributed by atoms with Crippen LogP contribution < -0.4 is 4.90 Å². The summed E-state index contributed by atoms with van der Waals surface area (Å²) in [4.78, 5) is 15.0. The lowest BCUT2D eigenvalue weighted by Gasteiger charge is -2.12. The van der Waals surface area contributed by atoms with Crippen molar-refractivity contribution in [1.29, 1.82) is 0 Å². The number of furan rings is 1. The van der Waals surface area contributed by atoms with Crippen LogP contribution in [0.4, 0.5) is 5.69 Å². The zero-order valence-electron chi connectivity index (χ0n) is 14.7. The van der Waals surface area contributed by atoms with Crippen LogP contribution >= 0.6 is 11.6 Å². The summed E-state index contributed by atoms with van der Waals surface area (Å²) in [7, 11) is 4.04. The van der Waals surface area contributed by atoms with E-state index in [0.29, 0.717) is 10.8 Å². The second-order valence-corrected chi connectivity index (χ2v) is 7.39. The molecule has 0 unspecified atom stereocenters. The van der Waals surface area contributed by atoms with E-state index in [1.807, 2.05) is 38.4 Å². The van der Waals surface area contributed by atoms with Crippen LogP contribution in [0.3, 0.4) is 0 Å². The van der Waals surface area contributed by atoms with Crippen LogP contribution in [0.2, 0.25) is 5.02 Å². The van der Waals surface area contributed by atoms with Crippen LogP contribution in [0.1, 0.15) is 33.5 Å². The predicted octanol–water partition coefficient (Wildman–Crippen LogP) is 5.38. The van der Waals surface area contributed by atoms with Crippen molar-refractivity contribution >= 4 is 23.1 Å². The number of benzene rings is 2. The van der Waals surface area contributed by atoms with Gasteiger partial charge in [-0.3, -0.25) is 4.79 Å². The molecule has 2 aromatic carbocycles. The van der Waals surface area contributed by atoms with Gasteiger partial charge in [0.1, 0.15) is 0 Å². The van der Waals surface area contributed by atoms with Gasteiger partial charge in [0, 0.05) is 42.6 Å². The lowest BCUT2D eigenvalue weighted by atomic mass is 10.0. The molecular weight excluding hydrogens is 346 g/mol. The molecule has 0 radical (unpaired) electrons. The molecule has 132 valence electrons. The fourth-order valence-corrected chi connectivity index (χ4v) is 3.86. The molecule has 0 aliphatic heterocycles. The first-order chi connectivity index (χ1) is 12.6. The van der Waals surface area contributed by atoms with E-state index < -0.39 is 0 Å². The second-order valence-electron chi connectivity index (χ2n) is 6.96. The molecule has 0 N–H and O–H groups in total. The maximum absolute atomic E-state index is 12.9. The SMILES string of the molecule is CN(C)c1ccc([C@@H]2[C@H](C(=O)c3ccco3)[C@@H]2c2ccc(Cl)cc2)cc1. The fraction of sp³-hybridized carbons (Fsp3) is 0.227. The van der Waals surface area contributed by atoms with Gasteiger partial charge in [-0.2, -0.15) is 0 Å². The van der Waals surface area contributed by atoms with Gasteiger partial charge in [0.25, 0.3) is 0 Å². The summed E-state index contributed by atoms with van der Waals surface area (Å²) in [5.41, 5.74) is 3.47. The highest BCUT2D eigenvalue weighted by Crippen LogP contribution is 2.61. The number of halogens is 1. The Labute approximate surface area is 158 Å². The molecule has 1 aromatic heterocycles. The van der Waals surface area contributed by atoms with Crippen LogP contribution in [-0.4, -0.2) is 19.9 Å². The van der Waals surface area contributed by atoms with Crippen LogP contribution in [0.25, 0.3) is 0 Å². The van der Waals surface area contributed by atoms with Crippen molar-refractivity contribution < 1.29 is 9.21 Å². The Hall–Kier alpha value is -2.52. The third-order valence-electron chi connectivity index (χ3n) is 5.14. The van der Waals surface area contributed by atoms with Crippen molar-refractivity contribution in [2.75, 3.05) is 19.0 Å². The molecule has 1 fully saturated rings. The lowest BCUT2D eigenvalue weighted by molar-refractivity contribution is 0.0935. The number of hydrogen-bond donors (Lipinski definition) is 0. The van der Waals surface area contributed by atoms with E-state index in [-0.39, 0.29) is 23.5 Å². The number of carbonyl (C=O) groups excluding carboxylic acids is 1. The highest BCUT2D eigenvalue weighted by Gasteiger charge is 2.56. The summed E-state index contributed by atoms with van der Waals surface area (Å²) in [5, 5.41) is 0.704. The molecular formula is C22H20ClNO2. The van der Waals surface area contributed by atoms with Gasteiger partial charge in [0.15, 0.2) is 5.76 Å². The van der Waals surface area contributed by atoms with E-state index in [9.17, 15) is 4.79 Å². The Balaban J connectivity index is 1.67. The van der Waals surface area contributed by atoms with Gasteiger partial charge in [-0.25, -0.2) is 0 Å². The minimum atomic E-state index is -0.104. The summed E-state index contributed by atoms with van der Waals surface area (Å²) < 4.78 is 5.36. The van der Waals surface area contributed by atoms with Crippen molar-refractivity contribution in [3.63, 3.8) is 0 Å². The molecule has 3 atom stereocenters. The van der Waals surface area contributed by atoms with Crippen molar-refractivity contribution in [1.82, 2.24) is 0 Å². The zero-order valence-corrected chi connectivity index (χ0v) is 15.5. The summed E-state index contributed by atoms with van der Waals surface area (Å²) >= 11 is 6.03. The number of rotatable bonds is 5. The molecule has 0 bridgehead atoms.